The van der Waals surface area contributed by atoms with Crippen molar-refractivity contribution in [1.29, 1.82) is 0 Å². The van der Waals surface area contributed by atoms with Crippen molar-refractivity contribution in [3.05, 3.63) is 95.6 Å². The van der Waals surface area contributed by atoms with Gasteiger partial charge in [-0.3, -0.25) is 4.79 Å². The molecule has 3 aromatic carbocycles. The van der Waals surface area contributed by atoms with E-state index in [9.17, 15) is 4.79 Å². The predicted octanol–water partition coefficient (Wildman–Crippen LogP) is 5.73. The second-order valence-electron chi connectivity index (χ2n) is 8.56. The predicted molar refractivity (Wildman–Crippen MR) is 129 cm³/mol. The SMILES string of the molecule is NC(=O)CCCC(c1cccc(C2CCNCC2)c1)c1ccccc1Oc1ccccc1. The van der Waals surface area contributed by atoms with Gasteiger partial charge in [0.2, 0.25) is 5.91 Å². The molecule has 166 valence electrons. The Morgan fingerprint density at radius 1 is 0.969 bits per heavy atom. The zero-order valence-corrected chi connectivity index (χ0v) is 18.5. The number of nitrogens with two attached hydrogens (primary N) is 1. The average Bonchev–Trinajstić information content (AvgIpc) is 2.84. The van der Waals surface area contributed by atoms with E-state index in [4.69, 9.17) is 10.5 Å². The number of carbonyl (C=O) groups is 1. The Labute approximate surface area is 190 Å². The molecular formula is C28H32N2O2. The highest BCUT2D eigenvalue weighted by molar-refractivity contribution is 5.73. The highest BCUT2D eigenvalue weighted by Gasteiger charge is 2.21. The van der Waals surface area contributed by atoms with Crippen molar-refractivity contribution in [3.63, 3.8) is 0 Å². The van der Waals surface area contributed by atoms with E-state index < -0.39 is 0 Å². The molecule has 1 aliphatic heterocycles. The monoisotopic (exact) mass is 428 g/mol. The number of nitrogens with one attached hydrogen (secondary N) is 1. The van der Waals surface area contributed by atoms with Gasteiger partial charge in [0.05, 0.1) is 0 Å². The molecule has 1 atom stereocenters. The molecule has 1 heterocycles. The fourth-order valence-electron chi connectivity index (χ4n) is 4.64. The van der Waals surface area contributed by atoms with Crippen LogP contribution in [0, 0.1) is 0 Å². The number of benzene rings is 3. The Bertz CT molecular complexity index is 1010. The van der Waals surface area contributed by atoms with Crippen LogP contribution in [-0.4, -0.2) is 19.0 Å². The lowest BCUT2D eigenvalue weighted by atomic mass is 9.83. The van der Waals surface area contributed by atoms with Crippen molar-refractivity contribution in [2.75, 3.05) is 13.1 Å². The molecule has 4 nitrogen and oxygen atoms in total. The number of hydrogen-bond acceptors (Lipinski definition) is 3. The molecule has 4 heteroatoms. The van der Waals surface area contributed by atoms with Gasteiger partial charge in [-0.2, -0.15) is 0 Å². The quantitative estimate of drug-likeness (QED) is 0.457. The van der Waals surface area contributed by atoms with Crippen LogP contribution >= 0.6 is 0 Å². The first-order valence-electron chi connectivity index (χ1n) is 11.6. The summed E-state index contributed by atoms with van der Waals surface area (Å²) >= 11 is 0. The van der Waals surface area contributed by atoms with E-state index >= 15 is 0 Å². The molecule has 1 aliphatic rings. The van der Waals surface area contributed by atoms with Gasteiger partial charge in [0, 0.05) is 17.9 Å². The van der Waals surface area contributed by atoms with Crippen LogP contribution in [0.1, 0.15) is 60.6 Å². The minimum atomic E-state index is -0.249. The third-order valence-electron chi connectivity index (χ3n) is 6.31. The third-order valence-corrected chi connectivity index (χ3v) is 6.31. The third kappa shape index (κ3) is 5.77. The molecule has 0 spiro atoms. The number of rotatable bonds is 9. The first-order valence-corrected chi connectivity index (χ1v) is 11.6. The molecule has 1 amide bonds. The zero-order valence-electron chi connectivity index (χ0n) is 18.5. The molecule has 32 heavy (non-hydrogen) atoms. The van der Waals surface area contributed by atoms with Crippen LogP contribution in [0.2, 0.25) is 0 Å². The molecule has 3 aromatic rings. The van der Waals surface area contributed by atoms with Gasteiger partial charge in [-0.25, -0.2) is 0 Å². The Balaban J connectivity index is 1.66. The van der Waals surface area contributed by atoms with E-state index in [0.717, 1.165) is 43.0 Å². The standard InChI is InChI=1S/C28H32N2O2/c29-28(31)15-7-13-25(23-9-6-8-22(20-23)21-16-18-30-19-17-21)26-12-4-5-14-27(26)32-24-10-2-1-3-11-24/h1-6,8-12,14,20-21,25,30H,7,13,15-19H2,(H2,29,31). The van der Waals surface area contributed by atoms with Gasteiger partial charge in [-0.1, -0.05) is 60.7 Å². The number of primary amides is 1. The maximum atomic E-state index is 11.4. The van der Waals surface area contributed by atoms with Crippen LogP contribution in [0.15, 0.2) is 78.9 Å². The van der Waals surface area contributed by atoms with Crippen molar-refractivity contribution >= 4 is 5.91 Å². The molecule has 3 N–H and O–H groups in total. The summed E-state index contributed by atoms with van der Waals surface area (Å²) in [7, 11) is 0. The van der Waals surface area contributed by atoms with Gasteiger partial charge in [-0.05, 0) is 74.0 Å². The van der Waals surface area contributed by atoms with Gasteiger partial charge in [0.15, 0.2) is 0 Å². The zero-order chi connectivity index (χ0) is 22.2. The Morgan fingerprint density at radius 3 is 2.50 bits per heavy atom. The van der Waals surface area contributed by atoms with Crippen molar-refractivity contribution in [2.45, 2.75) is 43.9 Å². The van der Waals surface area contributed by atoms with Crippen LogP contribution in [0.3, 0.4) is 0 Å². The number of para-hydroxylation sites is 2. The molecule has 4 rings (SSSR count). The van der Waals surface area contributed by atoms with Crippen molar-refractivity contribution in [3.8, 4) is 11.5 Å². The normalized spacial score (nSPS) is 15.2. The summed E-state index contributed by atoms with van der Waals surface area (Å²) in [5.74, 6) is 2.16. The summed E-state index contributed by atoms with van der Waals surface area (Å²) in [6.07, 6.45) is 4.32. The number of carbonyl (C=O) groups excluding carboxylic acids is 1. The molecule has 0 radical (unpaired) electrons. The smallest absolute Gasteiger partial charge is 0.217 e. The van der Waals surface area contributed by atoms with E-state index in [2.05, 4.69) is 41.7 Å². The maximum absolute atomic E-state index is 11.4. The molecule has 0 saturated carbocycles. The first kappa shape index (κ1) is 22.1. The summed E-state index contributed by atoms with van der Waals surface area (Å²) < 4.78 is 6.29. The van der Waals surface area contributed by atoms with E-state index in [1.165, 1.54) is 24.0 Å². The second kappa shape index (κ2) is 11.0. The lowest BCUT2D eigenvalue weighted by Crippen LogP contribution is -2.26. The van der Waals surface area contributed by atoms with Gasteiger partial charge in [0.25, 0.3) is 0 Å². The highest BCUT2D eigenvalue weighted by Crippen LogP contribution is 2.39. The average molecular weight is 429 g/mol. The van der Waals surface area contributed by atoms with Crippen LogP contribution < -0.4 is 15.8 Å². The van der Waals surface area contributed by atoms with Gasteiger partial charge in [-0.15, -0.1) is 0 Å². The van der Waals surface area contributed by atoms with Crippen molar-refractivity contribution in [1.82, 2.24) is 5.32 Å². The van der Waals surface area contributed by atoms with Crippen LogP contribution in [0.5, 0.6) is 11.5 Å². The highest BCUT2D eigenvalue weighted by atomic mass is 16.5. The minimum Gasteiger partial charge on any atom is -0.457 e. The fraction of sp³-hybridized carbons (Fsp3) is 0.321. The Hall–Kier alpha value is -3.11. The van der Waals surface area contributed by atoms with E-state index in [1.807, 2.05) is 42.5 Å². The molecule has 0 bridgehead atoms. The minimum absolute atomic E-state index is 0.135. The van der Waals surface area contributed by atoms with E-state index in [1.54, 1.807) is 0 Å². The molecule has 1 saturated heterocycles. The number of piperidine rings is 1. The molecular weight excluding hydrogens is 396 g/mol. The lowest BCUT2D eigenvalue weighted by Gasteiger charge is -2.25. The van der Waals surface area contributed by atoms with E-state index in [-0.39, 0.29) is 11.8 Å². The van der Waals surface area contributed by atoms with Gasteiger partial charge < -0.3 is 15.8 Å². The van der Waals surface area contributed by atoms with Crippen LogP contribution in [0.25, 0.3) is 0 Å². The summed E-state index contributed by atoms with van der Waals surface area (Å²) in [4.78, 5) is 11.4. The van der Waals surface area contributed by atoms with Gasteiger partial charge in [0.1, 0.15) is 11.5 Å². The number of ether oxygens (including phenoxy) is 1. The summed E-state index contributed by atoms with van der Waals surface area (Å²) in [5, 5.41) is 3.46. The summed E-state index contributed by atoms with van der Waals surface area (Å²) in [5.41, 5.74) is 9.26. The van der Waals surface area contributed by atoms with Crippen LogP contribution in [0.4, 0.5) is 0 Å². The second-order valence-corrected chi connectivity index (χ2v) is 8.56. The lowest BCUT2D eigenvalue weighted by molar-refractivity contribution is -0.118. The maximum Gasteiger partial charge on any atom is 0.217 e. The van der Waals surface area contributed by atoms with Crippen LogP contribution in [-0.2, 0) is 4.79 Å². The molecule has 0 aromatic heterocycles. The largest absolute Gasteiger partial charge is 0.457 e. The summed E-state index contributed by atoms with van der Waals surface area (Å²) in [6, 6.07) is 27.1. The van der Waals surface area contributed by atoms with Crippen molar-refractivity contribution in [2.24, 2.45) is 5.73 Å². The van der Waals surface area contributed by atoms with Crippen molar-refractivity contribution < 1.29 is 9.53 Å². The topological polar surface area (TPSA) is 64.4 Å². The van der Waals surface area contributed by atoms with E-state index in [0.29, 0.717) is 12.3 Å². The number of hydrogen-bond donors (Lipinski definition) is 2. The fourth-order valence-corrected chi connectivity index (χ4v) is 4.64. The Kier molecular flexibility index (Phi) is 7.57. The van der Waals surface area contributed by atoms with Gasteiger partial charge >= 0.3 is 0 Å². The molecule has 0 aliphatic carbocycles. The molecule has 1 unspecified atom stereocenters. The summed E-state index contributed by atoms with van der Waals surface area (Å²) in [6.45, 7) is 2.15. The first-order chi connectivity index (χ1) is 15.7. The molecule has 1 fully saturated rings. The Morgan fingerprint density at radius 2 is 1.72 bits per heavy atom. The number of amides is 1.